The van der Waals surface area contributed by atoms with Gasteiger partial charge in [0.15, 0.2) is 0 Å². The van der Waals surface area contributed by atoms with Crippen molar-refractivity contribution >= 4 is 23.2 Å². The first-order chi connectivity index (χ1) is 8.11. The summed E-state index contributed by atoms with van der Waals surface area (Å²) in [5.41, 5.74) is 0.934. The van der Waals surface area contributed by atoms with Gasteiger partial charge in [0.2, 0.25) is 5.91 Å². The summed E-state index contributed by atoms with van der Waals surface area (Å²) in [7, 11) is 1.35. The first-order valence-electron chi connectivity index (χ1n) is 5.36. The summed E-state index contributed by atoms with van der Waals surface area (Å²) in [4.78, 5) is 26.5. The van der Waals surface area contributed by atoms with Gasteiger partial charge in [0.1, 0.15) is 5.01 Å². The second-order valence-electron chi connectivity index (χ2n) is 3.59. The van der Waals surface area contributed by atoms with Crippen molar-refractivity contribution in [3.8, 4) is 0 Å². The topological polar surface area (TPSA) is 68.3 Å². The summed E-state index contributed by atoms with van der Waals surface area (Å²) < 4.78 is 4.50. The lowest BCUT2D eigenvalue weighted by Gasteiger charge is -2.03. The van der Waals surface area contributed by atoms with Crippen LogP contribution < -0.4 is 5.32 Å². The molecule has 0 aliphatic heterocycles. The SMILES string of the molecule is COC(=O)CCCNC(=O)Cc1nc(C)cs1. The molecule has 0 bridgehead atoms. The molecule has 0 unspecified atom stereocenters. The molecule has 0 aromatic carbocycles. The number of aryl methyl sites for hydroxylation is 1. The van der Waals surface area contributed by atoms with Gasteiger partial charge in [-0.15, -0.1) is 11.3 Å². The summed E-state index contributed by atoms with van der Waals surface area (Å²) in [6.07, 6.45) is 1.22. The van der Waals surface area contributed by atoms with Crippen LogP contribution in [-0.2, 0) is 20.7 Å². The number of methoxy groups -OCH3 is 1. The van der Waals surface area contributed by atoms with Crippen molar-refractivity contribution in [1.82, 2.24) is 10.3 Å². The average Bonchev–Trinajstić information content (AvgIpc) is 2.69. The van der Waals surface area contributed by atoms with Crippen LogP contribution in [0.5, 0.6) is 0 Å². The zero-order chi connectivity index (χ0) is 12.7. The van der Waals surface area contributed by atoms with Gasteiger partial charge in [0.05, 0.1) is 13.5 Å². The zero-order valence-corrected chi connectivity index (χ0v) is 10.8. The Kier molecular flexibility index (Phi) is 5.62. The molecule has 0 saturated heterocycles. The molecule has 1 amide bonds. The van der Waals surface area contributed by atoms with E-state index in [-0.39, 0.29) is 11.9 Å². The van der Waals surface area contributed by atoms with Crippen molar-refractivity contribution < 1.29 is 14.3 Å². The Morgan fingerprint density at radius 1 is 1.53 bits per heavy atom. The highest BCUT2D eigenvalue weighted by Gasteiger charge is 2.06. The summed E-state index contributed by atoms with van der Waals surface area (Å²) in [5.74, 6) is -0.320. The van der Waals surface area contributed by atoms with E-state index >= 15 is 0 Å². The summed E-state index contributed by atoms with van der Waals surface area (Å²) in [6, 6.07) is 0. The van der Waals surface area contributed by atoms with Gasteiger partial charge in [0, 0.05) is 24.0 Å². The van der Waals surface area contributed by atoms with Crippen molar-refractivity contribution in [1.29, 1.82) is 0 Å². The zero-order valence-electron chi connectivity index (χ0n) is 9.99. The van der Waals surface area contributed by atoms with E-state index in [9.17, 15) is 9.59 Å². The number of carbonyl (C=O) groups excluding carboxylic acids is 2. The smallest absolute Gasteiger partial charge is 0.305 e. The molecule has 0 spiro atoms. The van der Waals surface area contributed by atoms with E-state index in [0.29, 0.717) is 25.8 Å². The van der Waals surface area contributed by atoms with Crippen LogP contribution in [0.4, 0.5) is 0 Å². The number of hydrogen-bond donors (Lipinski definition) is 1. The Morgan fingerprint density at radius 3 is 2.88 bits per heavy atom. The molecule has 1 rings (SSSR count). The molecule has 0 aliphatic carbocycles. The van der Waals surface area contributed by atoms with Gasteiger partial charge in [-0.2, -0.15) is 0 Å². The molecular formula is C11H16N2O3S. The molecule has 1 aromatic rings. The van der Waals surface area contributed by atoms with Gasteiger partial charge >= 0.3 is 5.97 Å². The fourth-order valence-electron chi connectivity index (χ4n) is 1.25. The molecule has 0 saturated carbocycles. The van der Waals surface area contributed by atoms with Crippen molar-refractivity contribution in [2.75, 3.05) is 13.7 Å². The maximum absolute atomic E-state index is 11.5. The molecule has 0 atom stereocenters. The molecule has 94 valence electrons. The van der Waals surface area contributed by atoms with Gasteiger partial charge in [-0.25, -0.2) is 4.98 Å². The van der Waals surface area contributed by atoms with Gasteiger partial charge in [-0.3, -0.25) is 9.59 Å². The van der Waals surface area contributed by atoms with Crippen LogP contribution in [0.3, 0.4) is 0 Å². The highest BCUT2D eigenvalue weighted by atomic mass is 32.1. The van der Waals surface area contributed by atoms with Crippen molar-refractivity contribution in [2.45, 2.75) is 26.2 Å². The van der Waals surface area contributed by atoms with E-state index < -0.39 is 0 Å². The molecule has 1 aromatic heterocycles. The quantitative estimate of drug-likeness (QED) is 0.610. The number of carbonyl (C=O) groups is 2. The van der Waals surface area contributed by atoms with E-state index in [4.69, 9.17) is 0 Å². The number of ether oxygens (including phenoxy) is 1. The second-order valence-corrected chi connectivity index (χ2v) is 4.53. The first kappa shape index (κ1) is 13.6. The maximum atomic E-state index is 11.5. The molecule has 6 heteroatoms. The molecule has 17 heavy (non-hydrogen) atoms. The van der Waals surface area contributed by atoms with Crippen LogP contribution >= 0.6 is 11.3 Å². The number of amides is 1. The number of nitrogens with one attached hydrogen (secondary N) is 1. The number of aromatic nitrogens is 1. The largest absolute Gasteiger partial charge is 0.469 e. The standard InChI is InChI=1S/C11H16N2O3S/c1-8-7-17-10(13-8)6-9(14)12-5-3-4-11(15)16-2/h7H,3-6H2,1-2H3,(H,12,14). The first-order valence-corrected chi connectivity index (χ1v) is 6.24. The molecular weight excluding hydrogens is 240 g/mol. The molecule has 0 fully saturated rings. The van der Waals surface area contributed by atoms with Crippen LogP contribution in [0.1, 0.15) is 23.5 Å². The minimum atomic E-state index is -0.255. The fraction of sp³-hybridized carbons (Fsp3) is 0.545. The average molecular weight is 256 g/mol. The van der Waals surface area contributed by atoms with Crippen LogP contribution in [0.2, 0.25) is 0 Å². The Balaban J connectivity index is 2.15. The minimum Gasteiger partial charge on any atom is -0.469 e. The van der Waals surface area contributed by atoms with Crippen LogP contribution in [0.25, 0.3) is 0 Å². The summed E-state index contributed by atoms with van der Waals surface area (Å²) in [5, 5.41) is 5.47. The monoisotopic (exact) mass is 256 g/mol. The van der Waals surface area contributed by atoms with E-state index in [0.717, 1.165) is 10.7 Å². The van der Waals surface area contributed by atoms with Crippen LogP contribution in [0, 0.1) is 6.92 Å². The lowest BCUT2D eigenvalue weighted by Crippen LogP contribution is -2.26. The van der Waals surface area contributed by atoms with Gasteiger partial charge in [-0.05, 0) is 13.3 Å². The van der Waals surface area contributed by atoms with Crippen molar-refractivity contribution in [2.24, 2.45) is 0 Å². The third kappa shape index (κ3) is 5.44. The lowest BCUT2D eigenvalue weighted by molar-refractivity contribution is -0.140. The molecule has 5 nitrogen and oxygen atoms in total. The third-order valence-electron chi connectivity index (χ3n) is 2.09. The second kappa shape index (κ2) is 7.01. The Labute approximate surface area is 104 Å². The summed E-state index contributed by atoms with van der Waals surface area (Å²) in [6.45, 7) is 2.38. The van der Waals surface area contributed by atoms with E-state index in [1.165, 1.54) is 18.4 Å². The van der Waals surface area contributed by atoms with Gasteiger partial charge < -0.3 is 10.1 Å². The number of nitrogens with zero attached hydrogens (tertiary/aromatic N) is 1. The van der Waals surface area contributed by atoms with Crippen LogP contribution in [-0.4, -0.2) is 30.5 Å². The Morgan fingerprint density at radius 2 is 2.29 bits per heavy atom. The fourth-order valence-corrected chi connectivity index (χ4v) is 2.02. The van der Waals surface area contributed by atoms with Crippen molar-refractivity contribution in [3.63, 3.8) is 0 Å². The summed E-state index contributed by atoms with van der Waals surface area (Å²) >= 11 is 1.48. The normalized spacial score (nSPS) is 10.0. The molecule has 1 heterocycles. The number of thiazole rings is 1. The lowest BCUT2D eigenvalue weighted by atomic mass is 10.3. The van der Waals surface area contributed by atoms with Crippen molar-refractivity contribution in [3.05, 3.63) is 16.1 Å². The Hall–Kier alpha value is -1.43. The van der Waals surface area contributed by atoms with E-state index in [1.807, 2.05) is 12.3 Å². The number of esters is 1. The predicted octanol–water partition coefficient (Wildman–Crippen LogP) is 1.06. The van der Waals surface area contributed by atoms with Gasteiger partial charge in [0.25, 0.3) is 0 Å². The minimum absolute atomic E-state index is 0.0655. The number of hydrogen-bond acceptors (Lipinski definition) is 5. The highest BCUT2D eigenvalue weighted by Crippen LogP contribution is 2.08. The highest BCUT2D eigenvalue weighted by molar-refractivity contribution is 7.09. The van der Waals surface area contributed by atoms with Crippen LogP contribution in [0.15, 0.2) is 5.38 Å². The third-order valence-corrected chi connectivity index (χ3v) is 3.05. The molecule has 0 radical (unpaired) electrons. The van der Waals surface area contributed by atoms with E-state index in [2.05, 4.69) is 15.0 Å². The molecule has 1 N–H and O–H groups in total. The molecule has 0 aliphatic rings. The van der Waals surface area contributed by atoms with Gasteiger partial charge in [-0.1, -0.05) is 0 Å². The predicted molar refractivity (Wildman–Crippen MR) is 64.8 cm³/mol. The maximum Gasteiger partial charge on any atom is 0.305 e. The number of rotatable bonds is 6. The van der Waals surface area contributed by atoms with E-state index in [1.54, 1.807) is 0 Å². The Bertz CT molecular complexity index is 390.